The summed E-state index contributed by atoms with van der Waals surface area (Å²) in [4.78, 5) is 67.3. The molecule has 14 heteroatoms. The van der Waals surface area contributed by atoms with E-state index >= 15 is 0 Å². The zero-order valence-corrected chi connectivity index (χ0v) is 34.5. The van der Waals surface area contributed by atoms with Gasteiger partial charge in [-0.25, -0.2) is 8.78 Å². The van der Waals surface area contributed by atoms with Crippen LogP contribution in [0.2, 0.25) is 0 Å². The summed E-state index contributed by atoms with van der Waals surface area (Å²) in [6.07, 6.45) is 5.20. The Kier molecular flexibility index (Phi) is 11.1. The molecule has 61 heavy (non-hydrogen) atoms. The number of hydrogen-bond donors (Lipinski definition) is 4. The van der Waals surface area contributed by atoms with E-state index in [2.05, 4.69) is 55.7 Å². The number of halogens is 2. The number of nitrogens with zero attached hydrogens (tertiary/aromatic N) is 4. The molecule has 312 valence electrons. The standard InChI is InChI=1S/C47H46F2N8O4/c1-25(2)34-16-31(17-36-38(45(59)51-5)23-54-42(34)36)56-13-7-8-28-15-35(37(43(48)49)18-41(28)56)29-11-12-40(53-22-29)46(60)55-20-27-14-30(21-52-19-27)32-9-6-10-33-39(32)24-57(47(33)61)26(3)44(58)50-4/h6,9-12,14-19,21-23,25-26,43,54H,7-8,13,20,24H2,1-5H3,(H,50,58)(H,51,59)(H,55,60). The van der Waals surface area contributed by atoms with Crippen molar-refractivity contribution in [1.82, 2.24) is 35.8 Å². The highest BCUT2D eigenvalue weighted by molar-refractivity contribution is 6.08. The van der Waals surface area contributed by atoms with Gasteiger partial charge in [0.25, 0.3) is 24.1 Å². The number of H-pyrrole nitrogens is 1. The molecule has 0 bridgehead atoms. The lowest BCUT2D eigenvalue weighted by atomic mass is 9.91. The van der Waals surface area contributed by atoms with Crippen molar-refractivity contribution in [2.45, 2.75) is 65.1 Å². The van der Waals surface area contributed by atoms with Crippen LogP contribution < -0.4 is 20.9 Å². The number of hydrogen-bond acceptors (Lipinski definition) is 7. The number of amides is 4. The maximum atomic E-state index is 14.9. The lowest BCUT2D eigenvalue weighted by molar-refractivity contribution is -0.124. The summed E-state index contributed by atoms with van der Waals surface area (Å²) in [5, 5.41) is 8.96. The number of nitrogens with one attached hydrogen (secondary N) is 4. The van der Waals surface area contributed by atoms with E-state index in [9.17, 15) is 28.0 Å². The van der Waals surface area contributed by atoms with Crippen molar-refractivity contribution in [2.24, 2.45) is 0 Å². The van der Waals surface area contributed by atoms with Gasteiger partial charge in [0, 0.05) is 103 Å². The lowest BCUT2D eigenvalue weighted by Gasteiger charge is -2.33. The molecule has 2 aliphatic rings. The summed E-state index contributed by atoms with van der Waals surface area (Å²) in [5.74, 6) is -0.989. The van der Waals surface area contributed by atoms with Gasteiger partial charge in [-0.1, -0.05) is 32.0 Å². The average molecular weight is 825 g/mol. The Morgan fingerprint density at radius 3 is 2.39 bits per heavy atom. The van der Waals surface area contributed by atoms with Crippen molar-refractivity contribution in [1.29, 1.82) is 0 Å². The van der Waals surface area contributed by atoms with E-state index in [1.807, 2.05) is 24.3 Å². The molecule has 3 aromatic carbocycles. The Morgan fingerprint density at radius 1 is 0.869 bits per heavy atom. The molecule has 0 radical (unpaired) electrons. The number of fused-ring (bicyclic) bond motifs is 3. The second-order valence-electron chi connectivity index (χ2n) is 15.8. The number of aromatic nitrogens is 3. The van der Waals surface area contributed by atoms with Gasteiger partial charge in [-0.2, -0.15) is 0 Å². The van der Waals surface area contributed by atoms with Gasteiger partial charge in [-0.05, 0) is 102 Å². The fraction of sp³-hybridized carbons (Fsp3) is 0.277. The minimum atomic E-state index is -2.78. The first kappa shape index (κ1) is 40.8. The van der Waals surface area contributed by atoms with Crippen LogP contribution in [0.15, 0.2) is 85.5 Å². The normalized spacial score (nSPS) is 14.0. The highest BCUT2D eigenvalue weighted by Crippen LogP contribution is 2.43. The van der Waals surface area contributed by atoms with Gasteiger partial charge >= 0.3 is 0 Å². The highest BCUT2D eigenvalue weighted by atomic mass is 19.3. The van der Waals surface area contributed by atoms with Gasteiger partial charge < -0.3 is 30.7 Å². The van der Waals surface area contributed by atoms with Gasteiger partial charge in [-0.3, -0.25) is 29.1 Å². The number of aryl methyl sites for hydroxylation is 1. The Bertz CT molecular complexity index is 2710. The number of pyridine rings is 2. The minimum Gasteiger partial charge on any atom is -0.360 e. The molecule has 3 aromatic heterocycles. The maximum Gasteiger partial charge on any atom is 0.270 e. The first-order chi connectivity index (χ1) is 29.4. The molecule has 0 saturated heterocycles. The Hall–Kier alpha value is -6.96. The number of aromatic amines is 1. The summed E-state index contributed by atoms with van der Waals surface area (Å²) >= 11 is 0. The van der Waals surface area contributed by atoms with Crippen LogP contribution in [0.5, 0.6) is 0 Å². The fourth-order valence-corrected chi connectivity index (χ4v) is 8.51. The molecule has 8 rings (SSSR count). The number of carbonyl (C=O) groups is 4. The average Bonchev–Trinajstić information content (AvgIpc) is 3.87. The van der Waals surface area contributed by atoms with E-state index in [4.69, 9.17) is 0 Å². The molecule has 6 aromatic rings. The smallest absolute Gasteiger partial charge is 0.270 e. The molecule has 12 nitrogen and oxygen atoms in total. The predicted molar refractivity (Wildman–Crippen MR) is 230 cm³/mol. The molecule has 4 amide bonds. The summed E-state index contributed by atoms with van der Waals surface area (Å²) in [6, 6.07) is 17.3. The van der Waals surface area contributed by atoms with E-state index in [1.54, 1.807) is 56.8 Å². The third-order valence-corrected chi connectivity index (χ3v) is 11.8. The Labute approximate surface area is 351 Å². The van der Waals surface area contributed by atoms with Gasteiger partial charge in [-0.15, -0.1) is 0 Å². The van der Waals surface area contributed by atoms with Crippen molar-refractivity contribution < 1.29 is 28.0 Å². The van der Waals surface area contributed by atoms with Gasteiger partial charge in [0.05, 0.1) is 5.56 Å². The van der Waals surface area contributed by atoms with E-state index in [-0.39, 0.29) is 48.0 Å². The molecule has 1 unspecified atom stereocenters. The Balaban J connectivity index is 1.01. The molecular formula is C47H46F2N8O4. The molecule has 2 aliphatic heterocycles. The quantitative estimate of drug-likeness (QED) is 0.104. The number of rotatable bonds is 11. The number of alkyl halides is 2. The van der Waals surface area contributed by atoms with Crippen LogP contribution in [0, 0.1) is 0 Å². The van der Waals surface area contributed by atoms with Crippen molar-refractivity contribution in [3.8, 4) is 22.3 Å². The number of anilines is 2. The molecule has 0 aliphatic carbocycles. The molecule has 0 spiro atoms. The topological polar surface area (TPSA) is 152 Å². The largest absolute Gasteiger partial charge is 0.360 e. The third kappa shape index (κ3) is 7.58. The zero-order valence-electron chi connectivity index (χ0n) is 34.5. The fourth-order valence-electron chi connectivity index (χ4n) is 8.51. The van der Waals surface area contributed by atoms with Crippen LogP contribution in [-0.4, -0.2) is 70.2 Å². The van der Waals surface area contributed by atoms with E-state index in [0.29, 0.717) is 46.5 Å². The van der Waals surface area contributed by atoms with Crippen LogP contribution >= 0.6 is 0 Å². The first-order valence-electron chi connectivity index (χ1n) is 20.3. The van der Waals surface area contributed by atoms with Crippen molar-refractivity contribution >= 4 is 45.9 Å². The molecule has 0 fully saturated rings. The monoisotopic (exact) mass is 824 g/mol. The highest BCUT2D eigenvalue weighted by Gasteiger charge is 2.35. The van der Waals surface area contributed by atoms with Crippen LogP contribution in [-0.2, 0) is 24.3 Å². The van der Waals surface area contributed by atoms with Crippen molar-refractivity contribution in [3.05, 3.63) is 130 Å². The predicted octanol–water partition coefficient (Wildman–Crippen LogP) is 7.82. The summed E-state index contributed by atoms with van der Waals surface area (Å²) in [6.45, 7) is 6.89. The van der Waals surface area contributed by atoms with Crippen LogP contribution in [0.1, 0.15) is 98.6 Å². The summed E-state index contributed by atoms with van der Waals surface area (Å²) in [5.41, 5.74) is 9.27. The van der Waals surface area contributed by atoms with Gasteiger partial charge in [0.2, 0.25) is 5.91 Å². The minimum absolute atomic E-state index is 0.123. The second kappa shape index (κ2) is 16.6. The van der Waals surface area contributed by atoms with Crippen LogP contribution in [0.3, 0.4) is 0 Å². The van der Waals surface area contributed by atoms with E-state index in [0.717, 1.165) is 50.8 Å². The van der Waals surface area contributed by atoms with Crippen molar-refractivity contribution in [3.63, 3.8) is 0 Å². The SMILES string of the molecule is CNC(=O)c1c[nH]c2c(C(C)C)cc(N3CCCc4cc(-c5ccc(C(=O)NCc6cncc(-c7cccc8c7CN(C(C)C(=O)NC)C8=O)c6)nc5)c(C(F)F)cc43)cc12. The van der Waals surface area contributed by atoms with Crippen molar-refractivity contribution in [2.75, 3.05) is 25.5 Å². The maximum absolute atomic E-state index is 14.9. The van der Waals surface area contributed by atoms with E-state index in [1.165, 1.54) is 24.2 Å². The molecular weight excluding hydrogens is 779 g/mol. The summed E-state index contributed by atoms with van der Waals surface area (Å²) < 4.78 is 29.8. The molecule has 4 N–H and O–H groups in total. The Morgan fingerprint density at radius 2 is 1.67 bits per heavy atom. The molecule has 1 atom stereocenters. The third-order valence-electron chi connectivity index (χ3n) is 11.8. The first-order valence-corrected chi connectivity index (χ1v) is 20.3. The van der Waals surface area contributed by atoms with Gasteiger partial charge in [0.15, 0.2) is 0 Å². The van der Waals surface area contributed by atoms with Crippen LogP contribution in [0.25, 0.3) is 33.2 Å². The van der Waals surface area contributed by atoms with E-state index < -0.39 is 18.4 Å². The summed E-state index contributed by atoms with van der Waals surface area (Å²) in [7, 11) is 3.13. The van der Waals surface area contributed by atoms with Gasteiger partial charge in [0.1, 0.15) is 11.7 Å². The number of carbonyl (C=O) groups excluding carboxylic acids is 4. The lowest BCUT2D eigenvalue weighted by Crippen LogP contribution is -2.44. The molecule has 0 saturated carbocycles. The second-order valence-corrected chi connectivity index (χ2v) is 15.8. The number of benzene rings is 3. The van der Waals surface area contributed by atoms with Crippen LogP contribution in [0.4, 0.5) is 20.2 Å². The molecule has 5 heterocycles. The number of likely N-dealkylation sites (N-methyl/N-ethyl adjacent to an activating group) is 1. The zero-order chi connectivity index (χ0) is 43.1.